The van der Waals surface area contributed by atoms with Crippen LogP contribution in [0.4, 0.5) is 0 Å². The van der Waals surface area contributed by atoms with Crippen molar-refractivity contribution in [1.82, 2.24) is 4.90 Å². The van der Waals surface area contributed by atoms with Crippen LogP contribution in [-0.2, 0) is 11.3 Å². The van der Waals surface area contributed by atoms with Crippen molar-refractivity contribution in [1.29, 1.82) is 0 Å². The van der Waals surface area contributed by atoms with Crippen molar-refractivity contribution in [3.8, 4) is 0 Å². The van der Waals surface area contributed by atoms with Gasteiger partial charge in [-0.2, -0.15) is 0 Å². The van der Waals surface area contributed by atoms with Gasteiger partial charge in [0.1, 0.15) is 6.54 Å². The smallest absolute Gasteiger partial charge is 0.230 e. The van der Waals surface area contributed by atoms with E-state index in [9.17, 15) is 4.79 Å². The zero-order valence-electron chi connectivity index (χ0n) is 16.1. The van der Waals surface area contributed by atoms with Crippen molar-refractivity contribution < 1.29 is 9.69 Å². The molecule has 2 aromatic carbocycles. The van der Waals surface area contributed by atoms with Gasteiger partial charge in [-0.3, -0.25) is 4.79 Å². The number of carbonyl (C=O) groups excluding carboxylic acids is 1. The van der Waals surface area contributed by atoms with Crippen molar-refractivity contribution in [2.24, 2.45) is 5.92 Å². The van der Waals surface area contributed by atoms with Crippen LogP contribution < -0.4 is 4.90 Å². The third-order valence-corrected chi connectivity index (χ3v) is 6.38. The SMILES string of the molecule is O=C([C@H](c1ccccc1)C1CCCC1)N1CC[NH+](Cc2ccccc2)CC1. The van der Waals surface area contributed by atoms with Gasteiger partial charge in [0.25, 0.3) is 0 Å². The minimum Gasteiger partial charge on any atom is -0.331 e. The largest absolute Gasteiger partial charge is 0.331 e. The second-order valence-corrected chi connectivity index (χ2v) is 8.17. The van der Waals surface area contributed by atoms with Gasteiger partial charge in [-0.15, -0.1) is 0 Å². The summed E-state index contributed by atoms with van der Waals surface area (Å²) < 4.78 is 0. The summed E-state index contributed by atoms with van der Waals surface area (Å²) in [4.78, 5) is 17.2. The molecule has 0 aromatic heterocycles. The molecule has 3 nitrogen and oxygen atoms in total. The molecule has 0 bridgehead atoms. The summed E-state index contributed by atoms with van der Waals surface area (Å²) in [5.74, 6) is 0.950. The average molecular weight is 364 g/mol. The predicted molar refractivity (Wildman–Crippen MR) is 109 cm³/mol. The molecule has 0 unspecified atom stereocenters. The molecule has 2 fully saturated rings. The molecule has 1 aliphatic heterocycles. The Balaban J connectivity index is 1.40. The van der Waals surface area contributed by atoms with Gasteiger partial charge in [-0.1, -0.05) is 73.5 Å². The zero-order valence-corrected chi connectivity index (χ0v) is 16.1. The van der Waals surface area contributed by atoms with E-state index in [1.165, 1.54) is 36.8 Å². The number of carbonyl (C=O) groups is 1. The Labute approximate surface area is 163 Å². The van der Waals surface area contributed by atoms with Gasteiger partial charge in [0.2, 0.25) is 5.91 Å². The van der Waals surface area contributed by atoms with Gasteiger partial charge in [0.05, 0.1) is 32.1 Å². The lowest BCUT2D eigenvalue weighted by atomic mass is 9.83. The number of benzene rings is 2. The third kappa shape index (κ3) is 4.41. The monoisotopic (exact) mass is 363 g/mol. The number of piperazine rings is 1. The molecule has 1 atom stereocenters. The van der Waals surface area contributed by atoms with Crippen molar-refractivity contribution in [3.63, 3.8) is 0 Å². The first kappa shape index (κ1) is 18.2. The number of amides is 1. The highest BCUT2D eigenvalue weighted by Crippen LogP contribution is 2.38. The summed E-state index contributed by atoms with van der Waals surface area (Å²) in [7, 11) is 0. The Morgan fingerprint density at radius 3 is 2.15 bits per heavy atom. The van der Waals surface area contributed by atoms with Crippen molar-refractivity contribution in [2.45, 2.75) is 38.1 Å². The summed E-state index contributed by atoms with van der Waals surface area (Å²) in [5.41, 5.74) is 2.61. The van der Waals surface area contributed by atoms with Crippen LogP contribution in [0.1, 0.15) is 42.7 Å². The molecule has 0 spiro atoms. The summed E-state index contributed by atoms with van der Waals surface area (Å²) in [6, 6.07) is 21.2. The van der Waals surface area contributed by atoms with Crippen molar-refractivity contribution in [2.75, 3.05) is 26.2 Å². The standard InChI is InChI=1S/C24H30N2O/c27-24(23(22-13-7-8-14-22)21-11-5-2-6-12-21)26-17-15-25(16-18-26)19-20-9-3-1-4-10-20/h1-6,9-12,22-23H,7-8,13-19H2/p+1/t23-/m1/s1. The van der Waals surface area contributed by atoms with Crippen LogP contribution in [0.15, 0.2) is 60.7 Å². The molecular formula is C24H31N2O+. The molecule has 1 saturated heterocycles. The molecule has 2 aromatic rings. The summed E-state index contributed by atoms with van der Waals surface area (Å²) in [5, 5.41) is 0. The zero-order chi connectivity index (χ0) is 18.5. The lowest BCUT2D eigenvalue weighted by molar-refractivity contribution is -0.917. The van der Waals surface area contributed by atoms with E-state index < -0.39 is 0 Å². The van der Waals surface area contributed by atoms with E-state index in [0.717, 1.165) is 32.7 Å². The normalized spacial score (nSPS) is 19.9. The first-order chi connectivity index (χ1) is 13.3. The Hall–Kier alpha value is -2.13. The fourth-order valence-corrected chi connectivity index (χ4v) is 4.87. The van der Waals surface area contributed by atoms with Crippen LogP contribution in [0.2, 0.25) is 0 Å². The van der Waals surface area contributed by atoms with Crippen LogP contribution in [0.5, 0.6) is 0 Å². The van der Waals surface area contributed by atoms with Crippen molar-refractivity contribution >= 4 is 5.91 Å². The fraction of sp³-hybridized carbons (Fsp3) is 0.458. The molecule has 2 aliphatic rings. The molecule has 4 rings (SSSR count). The maximum absolute atomic E-state index is 13.5. The highest BCUT2D eigenvalue weighted by molar-refractivity contribution is 5.84. The molecular weight excluding hydrogens is 332 g/mol. The second kappa shape index (κ2) is 8.71. The average Bonchev–Trinajstić information content (AvgIpc) is 3.24. The van der Waals surface area contributed by atoms with Gasteiger partial charge < -0.3 is 9.80 Å². The van der Waals surface area contributed by atoms with Gasteiger partial charge in [0, 0.05) is 5.56 Å². The summed E-state index contributed by atoms with van der Waals surface area (Å²) in [6.45, 7) is 4.93. The highest BCUT2D eigenvalue weighted by atomic mass is 16.2. The van der Waals surface area contributed by atoms with Crippen LogP contribution >= 0.6 is 0 Å². The molecule has 1 amide bonds. The minimum absolute atomic E-state index is 0.0596. The number of quaternary nitrogens is 1. The fourth-order valence-electron chi connectivity index (χ4n) is 4.87. The molecule has 0 radical (unpaired) electrons. The summed E-state index contributed by atoms with van der Waals surface area (Å²) in [6.07, 6.45) is 4.95. The van der Waals surface area contributed by atoms with Crippen LogP contribution in [0.25, 0.3) is 0 Å². The highest BCUT2D eigenvalue weighted by Gasteiger charge is 2.36. The Bertz CT molecular complexity index is 717. The summed E-state index contributed by atoms with van der Waals surface area (Å²) >= 11 is 0. The molecule has 1 aliphatic carbocycles. The van der Waals surface area contributed by atoms with Gasteiger partial charge in [-0.05, 0) is 24.3 Å². The quantitative estimate of drug-likeness (QED) is 0.868. The van der Waals surface area contributed by atoms with E-state index in [1.807, 2.05) is 6.07 Å². The molecule has 1 N–H and O–H groups in total. The first-order valence-corrected chi connectivity index (χ1v) is 10.5. The van der Waals surface area contributed by atoms with Crippen LogP contribution in [0, 0.1) is 5.92 Å². The lowest BCUT2D eigenvalue weighted by Crippen LogP contribution is -3.13. The Morgan fingerprint density at radius 1 is 0.926 bits per heavy atom. The predicted octanol–water partition coefficient (Wildman–Crippen LogP) is 2.89. The van der Waals surface area contributed by atoms with E-state index >= 15 is 0 Å². The molecule has 1 saturated carbocycles. The molecule has 142 valence electrons. The van der Waals surface area contributed by atoms with E-state index in [-0.39, 0.29) is 5.92 Å². The first-order valence-electron chi connectivity index (χ1n) is 10.5. The number of nitrogens with zero attached hydrogens (tertiary/aromatic N) is 1. The van der Waals surface area contributed by atoms with Crippen LogP contribution in [0.3, 0.4) is 0 Å². The van der Waals surface area contributed by atoms with Gasteiger partial charge in [0.15, 0.2) is 0 Å². The number of hydrogen-bond acceptors (Lipinski definition) is 1. The van der Waals surface area contributed by atoms with Crippen LogP contribution in [-0.4, -0.2) is 37.0 Å². The van der Waals surface area contributed by atoms with E-state index in [0.29, 0.717) is 11.8 Å². The second-order valence-electron chi connectivity index (χ2n) is 8.17. The topological polar surface area (TPSA) is 24.8 Å². The third-order valence-electron chi connectivity index (χ3n) is 6.38. The number of rotatable bonds is 5. The number of nitrogens with one attached hydrogen (secondary N) is 1. The maximum Gasteiger partial charge on any atom is 0.230 e. The van der Waals surface area contributed by atoms with Gasteiger partial charge >= 0.3 is 0 Å². The van der Waals surface area contributed by atoms with E-state index in [2.05, 4.69) is 59.5 Å². The van der Waals surface area contributed by atoms with E-state index in [1.54, 1.807) is 4.90 Å². The van der Waals surface area contributed by atoms with Crippen molar-refractivity contribution in [3.05, 3.63) is 71.8 Å². The number of hydrogen-bond donors (Lipinski definition) is 1. The molecule has 3 heteroatoms. The Kier molecular flexibility index (Phi) is 5.88. The van der Waals surface area contributed by atoms with Gasteiger partial charge in [-0.25, -0.2) is 0 Å². The Morgan fingerprint density at radius 2 is 1.52 bits per heavy atom. The van der Waals surface area contributed by atoms with E-state index in [4.69, 9.17) is 0 Å². The lowest BCUT2D eigenvalue weighted by Gasteiger charge is -2.36. The molecule has 1 heterocycles. The maximum atomic E-state index is 13.5. The minimum atomic E-state index is 0.0596. The molecule has 27 heavy (non-hydrogen) atoms.